The van der Waals surface area contributed by atoms with E-state index in [9.17, 15) is 19.4 Å². The molecule has 0 aliphatic heterocycles. The van der Waals surface area contributed by atoms with Crippen LogP contribution < -0.4 is 10.2 Å². The molecule has 0 aliphatic carbocycles. The first kappa shape index (κ1) is 54.7. The number of phosphoric acid groups is 1. The van der Waals surface area contributed by atoms with Crippen LogP contribution in [-0.2, 0) is 18.4 Å². The van der Waals surface area contributed by atoms with Crippen molar-refractivity contribution in [3.63, 3.8) is 0 Å². The van der Waals surface area contributed by atoms with Crippen molar-refractivity contribution >= 4 is 13.7 Å². The van der Waals surface area contributed by atoms with E-state index in [1.54, 1.807) is 0 Å². The Hall–Kier alpha value is -1.28. The summed E-state index contributed by atoms with van der Waals surface area (Å²) >= 11 is 0. The summed E-state index contributed by atoms with van der Waals surface area (Å²) in [5, 5.41) is 13.9. The number of amides is 1. The van der Waals surface area contributed by atoms with Gasteiger partial charge in [0.2, 0.25) is 5.91 Å². The average Bonchev–Trinajstić information content (AvgIpc) is 3.15. The molecule has 8 nitrogen and oxygen atoms in total. The number of hydrogen-bond donors (Lipinski definition) is 2. The lowest BCUT2D eigenvalue weighted by Crippen LogP contribution is -2.46. The lowest BCUT2D eigenvalue weighted by molar-refractivity contribution is -0.870. The second kappa shape index (κ2) is 39.2. The molecule has 0 aromatic rings. The second-order valence-electron chi connectivity index (χ2n) is 17.1. The van der Waals surface area contributed by atoms with E-state index in [1.165, 1.54) is 122 Å². The predicted molar refractivity (Wildman–Crippen MR) is 238 cm³/mol. The van der Waals surface area contributed by atoms with Crippen molar-refractivity contribution in [2.75, 3.05) is 40.9 Å². The highest BCUT2D eigenvalue weighted by molar-refractivity contribution is 7.45. The summed E-state index contributed by atoms with van der Waals surface area (Å²) in [6.45, 7) is 4.69. The molecule has 0 spiro atoms. The van der Waals surface area contributed by atoms with Crippen molar-refractivity contribution in [2.45, 2.75) is 219 Å². The van der Waals surface area contributed by atoms with E-state index >= 15 is 0 Å². The summed E-state index contributed by atoms with van der Waals surface area (Å²) in [5.41, 5.74) is 0. The molecule has 0 aliphatic rings. The SMILES string of the molecule is CCCCCCC/C=C\C/C=C\C/C=C\CCCCCCCCCCC(=O)NC(COP(=O)([O-])OCC[N+](C)(C)C)C(O)CCCCCCCCCCCCC. The van der Waals surface area contributed by atoms with Crippen LogP contribution in [0, 0.1) is 0 Å². The van der Waals surface area contributed by atoms with Crippen LogP contribution in [-0.4, -0.2) is 68.5 Å². The summed E-state index contributed by atoms with van der Waals surface area (Å²) in [6, 6.07) is -0.803. The first-order valence-corrected chi connectivity index (χ1v) is 24.8. The summed E-state index contributed by atoms with van der Waals surface area (Å²) in [7, 11) is 1.30. The number of allylic oxidation sites excluding steroid dienone is 6. The summed E-state index contributed by atoms with van der Waals surface area (Å²) in [5.74, 6) is -0.174. The fourth-order valence-corrected chi connectivity index (χ4v) is 7.36. The number of nitrogens with zero attached hydrogens (tertiary/aromatic N) is 1. The molecule has 1 amide bonds. The maximum atomic E-state index is 12.9. The van der Waals surface area contributed by atoms with Gasteiger partial charge < -0.3 is 28.8 Å². The van der Waals surface area contributed by atoms with E-state index in [2.05, 4.69) is 55.6 Å². The molecular weight excluding hydrogens is 719 g/mol. The Balaban J connectivity index is 4.26. The maximum Gasteiger partial charge on any atom is 0.268 e. The summed E-state index contributed by atoms with van der Waals surface area (Å²) in [4.78, 5) is 25.3. The van der Waals surface area contributed by atoms with Gasteiger partial charge in [0.05, 0.1) is 39.9 Å². The molecule has 56 heavy (non-hydrogen) atoms. The van der Waals surface area contributed by atoms with Gasteiger partial charge in [0.15, 0.2) is 0 Å². The van der Waals surface area contributed by atoms with Gasteiger partial charge in [-0.05, 0) is 51.4 Å². The van der Waals surface area contributed by atoms with Gasteiger partial charge in [-0.3, -0.25) is 9.36 Å². The molecule has 0 heterocycles. The highest BCUT2D eigenvalue weighted by Crippen LogP contribution is 2.38. The molecule has 330 valence electrons. The standard InChI is InChI=1S/C47H91N2O6P/c1-6-8-10-12-14-16-18-19-20-21-22-23-24-25-26-27-28-29-31-33-35-37-39-41-47(51)48-45(44-55-56(52,53)54-43-42-49(3,4)5)46(50)40-38-36-34-32-30-17-15-13-11-9-7-2/h18-19,21-22,24-25,45-46,50H,6-17,20,23,26-44H2,1-5H3,(H-,48,51,52,53)/b19-18-,22-21-,25-24-. The van der Waals surface area contributed by atoms with Crippen LogP contribution in [0.4, 0.5) is 0 Å². The monoisotopic (exact) mass is 811 g/mol. The van der Waals surface area contributed by atoms with Crippen LogP contribution in [0.3, 0.4) is 0 Å². The maximum absolute atomic E-state index is 12.9. The Morgan fingerprint density at radius 3 is 1.50 bits per heavy atom. The van der Waals surface area contributed by atoms with Crippen LogP contribution in [0.2, 0.25) is 0 Å². The minimum atomic E-state index is -4.56. The highest BCUT2D eigenvalue weighted by atomic mass is 31.2. The molecular formula is C47H91N2O6P. The van der Waals surface area contributed by atoms with Gasteiger partial charge in [-0.1, -0.05) is 185 Å². The molecule has 9 heteroatoms. The third-order valence-corrected chi connectivity index (χ3v) is 11.3. The normalized spacial score (nSPS) is 14.6. The Kier molecular flexibility index (Phi) is 38.3. The Bertz CT molecular complexity index is 1010. The predicted octanol–water partition coefficient (Wildman–Crippen LogP) is 12.5. The van der Waals surface area contributed by atoms with Crippen molar-refractivity contribution in [3.05, 3.63) is 36.5 Å². The van der Waals surface area contributed by atoms with E-state index in [0.717, 1.165) is 57.8 Å². The van der Waals surface area contributed by atoms with Crippen molar-refractivity contribution in [3.8, 4) is 0 Å². The molecule has 0 bridgehead atoms. The van der Waals surface area contributed by atoms with Crippen LogP contribution in [0.1, 0.15) is 206 Å². The summed E-state index contributed by atoms with van der Waals surface area (Å²) in [6.07, 6.45) is 47.2. The van der Waals surface area contributed by atoms with E-state index in [4.69, 9.17) is 9.05 Å². The Labute approximate surface area is 347 Å². The molecule has 0 saturated carbocycles. The van der Waals surface area contributed by atoms with Crippen molar-refractivity contribution in [1.29, 1.82) is 0 Å². The van der Waals surface area contributed by atoms with Gasteiger partial charge >= 0.3 is 0 Å². The largest absolute Gasteiger partial charge is 0.756 e. The lowest BCUT2D eigenvalue weighted by atomic mass is 10.0. The number of rotatable bonds is 42. The minimum Gasteiger partial charge on any atom is -0.756 e. The topological polar surface area (TPSA) is 108 Å². The minimum absolute atomic E-state index is 0.00985. The van der Waals surface area contributed by atoms with E-state index in [0.29, 0.717) is 23.9 Å². The van der Waals surface area contributed by atoms with Gasteiger partial charge in [-0.2, -0.15) is 0 Å². The molecule has 0 aromatic heterocycles. The molecule has 3 unspecified atom stereocenters. The molecule has 2 N–H and O–H groups in total. The number of quaternary nitrogens is 1. The number of phosphoric ester groups is 1. The highest BCUT2D eigenvalue weighted by Gasteiger charge is 2.24. The molecule has 0 saturated heterocycles. The number of aliphatic hydroxyl groups is 1. The number of carbonyl (C=O) groups excluding carboxylic acids is 1. The van der Waals surface area contributed by atoms with Gasteiger partial charge in [-0.25, -0.2) is 0 Å². The smallest absolute Gasteiger partial charge is 0.268 e. The first-order chi connectivity index (χ1) is 27.0. The Morgan fingerprint density at radius 2 is 1.04 bits per heavy atom. The zero-order valence-electron chi connectivity index (χ0n) is 37.3. The fourth-order valence-electron chi connectivity index (χ4n) is 6.63. The van der Waals surface area contributed by atoms with Gasteiger partial charge in [0, 0.05) is 6.42 Å². The molecule has 0 rings (SSSR count). The Morgan fingerprint density at radius 1 is 0.625 bits per heavy atom. The zero-order valence-corrected chi connectivity index (χ0v) is 38.2. The number of carbonyl (C=O) groups is 1. The lowest BCUT2D eigenvalue weighted by Gasteiger charge is -2.30. The number of unbranched alkanes of at least 4 members (excludes halogenated alkanes) is 23. The molecule has 3 atom stereocenters. The number of likely N-dealkylation sites (N-methyl/N-ethyl adjacent to an activating group) is 1. The summed E-state index contributed by atoms with van der Waals surface area (Å²) < 4.78 is 23.2. The van der Waals surface area contributed by atoms with E-state index in [1.807, 2.05) is 21.1 Å². The second-order valence-corrected chi connectivity index (χ2v) is 18.5. The van der Waals surface area contributed by atoms with Crippen molar-refractivity contribution < 1.29 is 32.9 Å². The zero-order chi connectivity index (χ0) is 41.4. The van der Waals surface area contributed by atoms with Crippen LogP contribution >= 0.6 is 7.82 Å². The van der Waals surface area contributed by atoms with Crippen LogP contribution in [0.25, 0.3) is 0 Å². The van der Waals surface area contributed by atoms with Crippen molar-refractivity contribution in [1.82, 2.24) is 5.32 Å². The molecule has 0 aromatic carbocycles. The third-order valence-electron chi connectivity index (χ3n) is 10.4. The van der Waals surface area contributed by atoms with Crippen molar-refractivity contribution in [2.24, 2.45) is 0 Å². The van der Waals surface area contributed by atoms with E-state index < -0.39 is 20.0 Å². The quantitative estimate of drug-likeness (QED) is 0.0275. The first-order valence-electron chi connectivity index (χ1n) is 23.3. The third kappa shape index (κ3) is 40.9. The molecule has 0 fully saturated rings. The molecule has 0 radical (unpaired) electrons. The van der Waals surface area contributed by atoms with Gasteiger partial charge in [-0.15, -0.1) is 0 Å². The number of nitrogens with one attached hydrogen (secondary N) is 1. The van der Waals surface area contributed by atoms with Gasteiger partial charge in [0.1, 0.15) is 13.2 Å². The van der Waals surface area contributed by atoms with Crippen LogP contribution in [0.15, 0.2) is 36.5 Å². The fraction of sp³-hybridized carbons (Fsp3) is 0.851. The van der Waals surface area contributed by atoms with Gasteiger partial charge in [0.25, 0.3) is 7.82 Å². The van der Waals surface area contributed by atoms with E-state index in [-0.39, 0.29) is 19.1 Å². The van der Waals surface area contributed by atoms with Crippen LogP contribution in [0.5, 0.6) is 0 Å². The number of hydrogen-bond acceptors (Lipinski definition) is 6. The number of aliphatic hydroxyl groups excluding tert-OH is 1. The average molecular weight is 811 g/mol.